The largest absolute Gasteiger partial charge is 0.493 e. The van der Waals surface area contributed by atoms with E-state index in [9.17, 15) is 4.79 Å². The van der Waals surface area contributed by atoms with E-state index in [1.54, 1.807) is 26.4 Å². The van der Waals surface area contributed by atoms with Crippen molar-refractivity contribution in [2.45, 2.75) is 38.0 Å². The molecule has 7 nitrogen and oxygen atoms in total. The molecule has 0 radical (unpaired) electrons. The second-order valence-corrected chi connectivity index (χ2v) is 7.97. The van der Waals surface area contributed by atoms with Gasteiger partial charge in [-0.05, 0) is 51.0 Å². The summed E-state index contributed by atoms with van der Waals surface area (Å²) in [5, 5.41) is 8.50. The van der Waals surface area contributed by atoms with Crippen LogP contribution in [0.2, 0.25) is 0 Å². The van der Waals surface area contributed by atoms with Gasteiger partial charge in [0, 0.05) is 28.6 Å². The predicted octanol–water partition coefficient (Wildman–Crippen LogP) is 4.48. The fourth-order valence-corrected chi connectivity index (χ4v) is 4.16. The summed E-state index contributed by atoms with van der Waals surface area (Å²) < 4.78 is 18.6. The Bertz CT molecular complexity index is 1050. The summed E-state index contributed by atoms with van der Waals surface area (Å²) in [6.45, 7) is 4.08. The number of rotatable bonds is 8. The zero-order valence-corrected chi connectivity index (χ0v) is 17.7. The molecule has 1 aromatic carbocycles. The van der Waals surface area contributed by atoms with Crippen LogP contribution < -0.4 is 9.47 Å². The number of thioether (sulfide) groups is 1. The zero-order valence-electron chi connectivity index (χ0n) is 16.9. The molecule has 1 aliphatic rings. The fraction of sp³-hybridized carbons (Fsp3) is 0.381. The molecule has 0 N–H and O–H groups in total. The van der Waals surface area contributed by atoms with Gasteiger partial charge in [0.15, 0.2) is 17.3 Å². The van der Waals surface area contributed by atoms with Gasteiger partial charge in [-0.15, -0.1) is 10.2 Å². The number of nitrogens with zero attached hydrogens (tertiary/aromatic N) is 3. The molecule has 1 aliphatic carbocycles. The lowest BCUT2D eigenvalue weighted by Gasteiger charge is -2.07. The Morgan fingerprint density at radius 3 is 2.62 bits per heavy atom. The third-order valence-corrected chi connectivity index (χ3v) is 5.88. The molecule has 0 aliphatic heterocycles. The number of aromatic nitrogens is 3. The van der Waals surface area contributed by atoms with Gasteiger partial charge in [-0.2, -0.15) is 0 Å². The maximum Gasteiger partial charge on any atom is 0.277 e. The van der Waals surface area contributed by atoms with Crippen molar-refractivity contribution in [2.24, 2.45) is 0 Å². The first-order valence-electron chi connectivity index (χ1n) is 9.42. The number of carbonyl (C=O) groups excluding carboxylic acids is 1. The molecule has 0 bridgehead atoms. The first kappa shape index (κ1) is 19.6. The Morgan fingerprint density at radius 1 is 1.17 bits per heavy atom. The number of ether oxygens (including phenoxy) is 2. The van der Waals surface area contributed by atoms with E-state index >= 15 is 0 Å². The maximum atomic E-state index is 12.7. The molecule has 29 heavy (non-hydrogen) atoms. The van der Waals surface area contributed by atoms with Gasteiger partial charge < -0.3 is 18.5 Å². The molecule has 0 amide bonds. The third kappa shape index (κ3) is 3.89. The molecule has 3 aromatic rings. The minimum atomic E-state index is 0.0702. The van der Waals surface area contributed by atoms with Crippen LogP contribution in [0.5, 0.6) is 11.5 Å². The average Bonchev–Trinajstić information content (AvgIpc) is 3.36. The number of hydrogen-bond donors (Lipinski definition) is 0. The van der Waals surface area contributed by atoms with Gasteiger partial charge in [-0.25, -0.2) is 0 Å². The van der Waals surface area contributed by atoms with Gasteiger partial charge in [-0.3, -0.25) is 4.79 Å². The lowest BCUT2D eigenvalue weighted by molar-refractivity contribution is 0.102. The van der Waals surface area contributed by atoms with E-state index < -0.39 is 0 Å². The molecule has 2 heterocycles. The molecule has 0 saturated heterocycles. The molecule has 0 atom stereocenters. The summed E-state index contributed by atoms with van der Waals surface area (Å²) in [5.74, 6) is 1.90. The number of aryl methyl sites for hydroxylation is 1. The standard InChI is InChI=1S/C21H23N3O4S/c1-12-9-16(13(2)24(12)15-6-7-15)17(25)11-29-21-23-22-20(28-21)14-5-8-18(26-3)19(10-14)27-4/h5,8-10,15H,6-7,11H2,1-4H3. The highest BCUT2D eigenvalue weighted by Crippen LogP contribution is 2.38. The Morgan fingerprint density at radius 2 is 1.93 bits per heavy atom. The van der Waals surface area contributed by atoms with Crippen LogP contribution in [0.25, 0.3) is 11.5 Å². The van der Waals surface area contributed by atoms with E-state index in [0.29, 0.717) is 28.7 Å². The highest BCUT2D eigenvalue weighted by Gasteiger charge is 2.28. The Labute approximate surface area is 173 Å². The lowest BCUT2D eigenvalue weighted by Crippen LogP contribution is -2.05. The summed E-state index contributed by atoms with van der Waals surface area (Å²) in [5.41, 5.74) is 3.70. The van der Waals surface area contributed by atoms with Crippen LogP contribution in [0, 0.1) is 13.8 Å². The zero-order chi connectivity index (χ0) is 20.5. The smallest absolute Gasteiger partial charge is 0.277 e. The van der Waals surface area contributed by atoms with E-state index in [0.717, 1.165) is 22.5 Å². The number of benzene rings is 1. The highest BCUT2D eigenvalue weighted by atomic mass is 32.2. The summed E-state index contributed by atoms with van der Waals surface area (Å²) >= 11 is 1.25. The molecule has 8 heteroatoms. The van der Waals surface area contributed by atoms with Crippen LogP contribution in [0.1, 0.15) is 40.6 Å². The van der Waals surface area contributed by atoms with Crippen LogP contribution in [0.4, 0.5) is 0 Å². The molecule has 0 spiro atoms. The number of ketones is 1. The van der Waals surface area contributed by atoms with Gasteiger partial charge in [0.05, 0.1) is 20.0 Å². The number of carbonyl (C=O) groups is 1. The van der Waals surface area contributed by atoms with E-state index in [4.69, 9.17) is 13.9 Å². The predicted molar refractivity (Wildman–Crippen MR) is 110 cm³/mol. The Kier molecular flexibility index (Phi) is 5.36. The van der Waals surface area contributed by atoms with Crippen molar-refractivity contribution in [1.29, 1.82) is 0 Å². The quantitative estimate of drug-likeness (QED) is 0.398. The second kappa shape index (κ2) is 7.94. The van der Waals surface area contributed by atoms with Crippen LogP contribution in [0.3, 0.4) is 0 Å². The molecule has 1 saturated carbocycles. The lowest BCUT2D eigenvalue weighted by atomic mass is 10.2. The van der Waals surface area contributed by atoms with Crippen molar-refractivity contribution in [3.05, 3.63) is 41.2 Å². The normalized spacial score (nSPS) is 13.5. The van der Waals surface area contributed by atoms with Crippen LogP contribution in [-0.4, -0.2) is 40.5 Å². The highest BCUT2D eigenvalue weighted by molar-refractivity contribution is 7.99. The number of hydrogen-bond acceptors (Lipinski definition) is 7. The van der Waals surface area contributed by atoms with Crippen molar-refractivity contribution in [2.75, 3.05) is 20.0 Å². The van der Waals surface area contributed by atoms with Gasteiger partial charge in [0.1, 0.15) is 0 Å². The third-order valence-electron chi connectivity index (χ3n) is 5.06. The second-order valence-electron chi connectivity index (χ2n) is 7.04. The minimum Gasteiger partial charge on any atom is -0.493 e. The van der Waals surface area contributed by atoms with Gasteiger partial charge in [0.2, 0.25) is 5.89 Å². The summed E-state index contributed by atoms with van der Waals surface area (Å²) in [4.78, 5) is 12.7. The number of methoxy groups -OCH3 is 2. The van der Waals surface area contributed by atoms with E-state index in [2.05, 4.69) is 21.7 Å². The first-order valence-corrected chi connectivity index (χ1v) is 10.4. The maximum absolute atomic E-state index is 12.7. The fourth-order valence-electron chi connectivity index (χ4n) is 3.51. The molecule has 152 valence electrons. The molecular weight excluding hydrogens is 390 g/mol. The van der Waals surface area contributed by atoms with Gasteiger partial charge in [0.25, 0.3) is 5.22 Å². The van der Waals surface area contributed by atoms with Crippen molar-refractivity contribution >= 4 is 17.5 Å². The summed E-state index contributed by atoms with van der Waals surface area (Å²) in [7, 11) is 3.15. The molecule has 1 fully saturated rings. The SMILES string of the molecule is COc1ccc(-c2nnc(SCC(=O)c3cc(C)n(C4CC4)c3C)o2)cc1OC. The summed E-state index contributed by atoms with van der Waals surface area (Å²) in [6.07, 6.45) is 2.39. The monoisotopic (exact) mass is 413 g/mol. The molecule has 0 unspecified atom stereocenters. The Hall–Kier alpha value is -2.74. The van der Waals surface area contributed by atoms with Crippen molar-refractivity contribution < 1.29 is 18.7 Å². The first-order chi connectivity index (χ1) is 14.0. The topological polar surface area (TPSA) is 79.4 Å². The Balaban J connectivity index is 1.45. The van der Waals surface area contributed by atoms with Gasteiger partial charge >= 0.3 is 0 Å². The van der Waals surface area contributed by atoms with Crippen molar-refractivity contribution in [1.82, 2.24) is 14.8 Å². The molecule has 4 rings (SSSR count). The average molecular weight is 413 g/mol. The van der Waals surface area contributed by atoms with E-state index in [1.165, 1.54) is 24.6 Å². The van der Waals surface area contributed by atoms with Crippen molar-refractivity contribution in [3.8, 4) is 23.0 Å². The molecular formula is C21H23N3O4S. The summed E-state index contributed by atoms with van der Waals surface area (Å²) in [6, 6.07) is 7.92. The van der Waals surface area contributed by atoms with Crippen molar-refractivity contribution in [3.63, 3.8) is 0 Å². The van der Waals surface area contributed by atoms with Crippen LogP contribution in [-0.2, 0) is 0 Å². The van der Waals surface area contributed by atoms with Gasteiger partial charge in [-0.1, -0.05) is 11.8 Å². The van der Waals surface area contributed by atoms with Crippen LogP contribution in [0.15, 0.2) is 33.9 Å². The van der Waals surface area contributed by atoms with Crippen LogP contribution >= 0.6 is 11.8 Å². The molecule has 2 aromatic heterocycles. The van der Waals surface area contributed by atoms with E-state index in [1.807, 2.05) is 19.1 Å². The van der Waals surface area contributed by atoms with E-state index in [-0.39, 0.29) is 11.5 Å². The minimum absolute atomic E-state index is 0.0702. The number of Topliss-reactive ketones (excluding diaryl/α,β-unsaturated/α-hetero) is 1.